The third-order valence-corrected chi connectivity index (χ3v) is 3.46. The molecule has 1 N–H and O–H groups in total. The van der Waals surface area contributed by atoms with E-state index in [9.17, 15) is 0 Å². The van der Waals surface area contributed by atoms with Crippen LogP contribution in [-0.4, -0.2) is 57.4 Å². The van der Waals surface area contributed by atoms with Gasteiger partial charge in [-0.2, -0.15) is 5.26 Å². The van der Waals surface area contributed by atoms with Gasteiger partial charge in [-0.1, -0.05) is 0 Å². The van der Waals surface area contributed by atoms with Crippen LogP contribution in [0.2, 0.25) is 0 Å². The minimum atomic E-state index is 0.295. The molecule has 0 aliphatic carbocycles. The monoisotopic (exact) mass is 289 g/mol. The van der Waals surface area contributed by atoms with Crippen molar-refractivity contribution in [3.05, 3.63) is 29.8 Å². The molecular formula is C16H23N3O2. The minimum Gasteiger partial charge on any atom is -0.494 e. The van der Waals surface area contributed by atoms with Crippen molar-refractivity contribution in [2.24, 2.45) is 0 Å². The summed E-state index contributed by atoms with van der Waals surface area (Å²) in [7, 11) is 2.13. The van der Waals surface area contributed by atoms with Gasteiger partial charge in [0.15, 0.2) is 0 Å². The smallest absolute Gasteiger partial charge is 0.119 e. The summed E-state index contributed by atoms with van der Waals surface area (Å²) in [6, 6.07) is 9.29. The van der Waals surface area contributed by atoms with E-state index in [0.717, 1.165) is 45.0 Å². The van der Waals surface area contributed by atoms with E-state index < -0.39 is 0 Å². The van der Waals surface area contributed by atoms with Crippen molar-refractivity contribution in [3.8, 4) is 11.8 Å². The molecule has 21 heavy (non-hydrogen) atoms. The average Bonchev–Trinajstić information content (AvgIpc) is 2.51. The van der Waals surface area contributed by atoms with Gasteiger partial charge in [0.1, 0.15) is 5.75 Å². The quantitative estimate of drug-likeness (QED) is 0.766. The number of nitrogens with zero attached hydrogens (tertiary/aromatic N) is 2. The molecule has 1 aromatic carbocycles. The van der Waals surface area contributed by atoms with Crippen LogP contribution in [-0.2, 0) is 4.74 Å². The second kappa shape index (κ2) is 8.63. The third-order valence-electron chi connectivity index (χ3n) is 3.46. The minimum absolute atomic E-state index is 0.295. The zero-order chi connectivity index (χ0) is 14.9. The zero-order valence-corrected chi connectivity index (χ0v) is 12.5. The summed E-state index contributed by atoms with van der Waals surface area (Å²) in [6.07, 6.45) is 1.24. The van der Waals surface area contributed by atoms with Gasteiger partial charge in [0.05, 0.1) is 31.0 Å². The second-order valence-electron chi connectivity index (χ2n) is 5.30. The van der Waals surface area contributed by atoms with E-state index in [2.05, 4.69) is 23.3 Å². The Morgan fingerprint density at radius 1 is 1.43 bits per heavy atom. The molecule has 1 atom stereocenters. The molecule has 1 saturated heterocycles. The molecule has 0 amide bonds. The number of likely N-dealkylation sites (N-methyl/N-ethyl adjacent to an activating group) is 1. The summed E-state index contributed by atoms with van der Waals surface area (Å²) in [6.45, 7) is 5.32. The van der Waals surface area contributed by atoms with E-state index in [1.165, 1.54) is 0 Å². The zero-order valence-electron chi connectivity index (χ0n) is 12.5. The second-order valence-corrected chi connectivity index (χ2v) is 5.30. The van der Waals surface area contributed by atoms with Gasteiger partial charge < -0.3 is 19.7 Å². The normalized spacial score (nSPS) is 19.1. The maximum atomic E-state index is 8.71. The molecule has 0 spiro atoms. The Balaban J connectivity index is 1.52. The summed E-state index contributed by atoms with van der Waals surface area (Å²) in [4.78, 5) is 2.30. The lowest BCUT2D eigenvalue weighted by molar-refractivity contribution is -0.0180. The van der Waals surface area contributed by atoms with Crippen LogP contribution in [0.15, 0.2) is 24.3 Å². The first-order valence-corrected chi connectivity index (χ1v) is 7.42. The van der Waals surface area contributed by atoms with E-state index in [-0.39, 0.29) is 0 Å². The standard InChI is InChI=1S/C16H23N3O2/c1-19-8-10-21-16(13-19)12-18-7-2-9-20-15-5-3-14(11-17)4-6-15/h3-6,16,18H,2,7-10,12-13H2,1H3/t16-/m1/s1. The molecule has 1 aliphatic heterocycles. The van der Waals surface area contributed by atoms with Gasteiger partial charge in [0, 0.05) is 19.6 Å². The summed E-state index contributed by atoms with van der Waals surface area (Å²) < 4.78 is 11.3. The molecular weight excluding hydrogens is 266 g/mol. The maximum Gasteiger partial charge on any atom is 0.119 e. The highest BCUT2D eigenvalue weighted by Gasteiger charge is 2.16. The fourth-order valence-electron chi connectivity index (χ4n) is 2.27. The van der Waals surface area contributed by atoms with Crippen LogP contribution >= 0.6 is 0 Å². The lowest BCUT2D eigenvalue weighted by Crippen LogP contribution is -2.45. The van der Waals surface area contributed by atoms with Crippen molar-refractivity contribution < 1.29 is 9.47 Å². The topological polar surface area (TPSA) is 57.5 Å². The van der Waals surface area contributed by atoms with Crippen molar-refractivity contribution in [2.75, 3.05) is 46.4 Å². The molecule has 1 fully saturated rings. The molecule has 0 saturated carbocycles. The van der Waals surface area contributed by atoms with Gasteiger partial charge in [-0.25, -0.2) is 0 Å². The van der Waals surface area contributed by atoms with Gasteiger partial charge in [0.25, 0.3) is 0 Å². The Bertz CT molecular complexity index is 456. The Morgan fingerprint density at radius 3 is 2.95 bits per heavy atom. The summed E-state index contributed by atoms with van der Waals surface area (Å²) in [5.74, 6) is 0.811. The number of benzene rings is 1. The van der Waals surface area contributed by atoms with Gasteiger partial charge in [-0.05, 0) is 44.3 Å². The molecule has 0 aromatic heterocycles. The molecule has 1 heterocycles. The Labute approximate surface area is 126 Å². The summed E-state index contributed by atoms with van der Waals surface area (Å²) in [5.41, 5.74) is 0.654. The van der Waals surface area contributed by atoms with Gasteiger partial charge >= 0.3 is 0 Å². The Kier molecular flexibility index (Phi) is 6.48. The summed E-state index contributed by atoms with van der Waals surface area (Å²) >= 11 is 0. The van der Waals surface area contributed by atoms with E-state index in [1.54, 1.807) is 12.1 Å². The van der Waals surface area contributed by atoms with Crippen molar-refractivity contribution in [3.63, 3.8) is 0 Å². The molecule has 1 aromatic rings. The molecule has 5 heteroatoms. The number of nitrogens with one attached hydrogen (secondary N) is 1. The molecule has 1 aliphatic rings. The average molecular weight is 289 g/mol. The predicted octanol–water partition coefficient (Wildman–Crippen LogP) is 1.25. The third kappa shape index (κ3) is 5.72. The van der Waals surface area contributed by atoms with E-state index in [0.29, 0.717) is 18.3 Å². The van der Waals surface area contributed by atoms with E-state index in [4.69, 9.17) is 14.7 Å². The summed E-state index contributed by atoms with van der Waals surface area (Å²) in [5, 5.41) is 12.1. The lowest BCUT2D eigenvalue weighted by Gasteiger charge is -2.30. The number of nitriles is 1. The molecule has 0 radical (unpaired) electrons. The number of rotatable bonds is 7. The van der Waals surface area contributed by atoms with Crippen molar-refractivity contribution in [1.29, 1.82) is 5.26 Å². The van der Waals surface area contributed by atoms with Crippen molar-refractivity contribution in [1.82, 2.24) is 10.2 Å². The highest BCUT2D eigenvalue weighted by Crippen LogP contribution is 2.11. The Morgan fingerprint density at radius 2 is 2.24 bits per heavy atom. The van der Waals surface area contributed by atoms with Gasteiger partial charge in [-0.15, -0.1) is 0 Å². The predicted molar refractivity (Wildman–Crippen MR) is 81.4 cm³/mol. The SMILES string of the molecule is CN1CCO[C@H](CNCCCOc2ccc(C#N)cc2)C1. The van der Waals surface area contributed by atoms with Crippen LogP contribution in [0.3, 0.4) is 0 Å². The number of ether oxygens (including phenoxy) is 2. The highest BCUT2D eigenvalue weighted by atomic mass is 16.5. The van der Waals surface area contributed by atoms with Crippen LogP contribution in [0.5, 0.6) is 5.75 Å². The molecule has 114 valence electrons. The van der Waals surface area contributed by atoms with E-state index >= 15 is 0 Å². The molecule has 5 nitrogen and oxygen atoms in total. The highest BCUT2D eigenvalue weighted by molar-refractivity contribution is 5.34. The number of morpholine rings is 1. The maximum absolute atomic E-state index is 8.71. The van der Waals surface area contributed by atoms with Crippen molar-refractivity contribution in [2.45, 2.75) is 12.5 Å². The first-order valence-electron chi connectivity index (χ1n) is 7.42. The van der Waals surface area contributed by atoms with Crippen LogP contribution < -0.4 is 10.1 Å². The van der Waals surface area contributed by atoms with E-state index in [1.807, 2.05) is 12.1 Å². The number of hydrogen-bond donors (Lipinski definition) is 1. The first-order chi connectivity index (χ1) is 10.3. The first kappa shape index (κ1) is 15.8. The van der Waals surface area contributed by atoms with Crippen LogP contribution in [0.4, 0.5) is 0 Å². The van der Waals surface area contributed by atoms with Gasteiger partial charge in [0.2, 0.25) is 0 Å². The number of hydrogen-bond acceptors (Lipinski definition) is 5. The van der Waals surface area contributed by atoms with Crippen molar-refractivity contribution >= 4 is 0 Å². The largest absolute Gasteiger partial charge is 0.494 e. The van der Waals surface area contributed by atoms with Gasteiger partial charge in [-0.3, -0.25) is 0 Å². The Hall–Kier alpha value is -1.61. The molecule has 0 bridgehead atoms. The lowest BCUT2D eigenvalue weighted by atomic mass is 10.2. The van der Waals surface area contributed by atoms with Crippen LogP contribution in [0, 0.1) is 11.3 Å². The molecule has 0 unspecified atom stereocenters. The fourth-order valence-corrected chi connectivity index (χ4v) is 2.27. The van der Waals surface area contributed by atoms with Crippen LogP contribution in [0.25, 0.3) is 0 Å². The fraction of sp³-hybridized carbons (Fsp3) is 0.562. The molecule has 2 rings (SSSR count). The van der Waals surface area contributed by atoms with Crippen LogP contribution in [0.1, 0.15) is 12.0 Å².